The topological polar surface area (TPSA) is 103 Å². The van der Waals surface area contributed by atoms with Gasteiger partial charge in [0.2, 0.25) is 5.75 Å². The van der Waals surface area contributed by atoms with E-state index in [0.29, 0.717) is 11.1 Å². The van der Waals surface area contributed by atoms with Gasteiger partial charge >= 0.3 is 5.69 Å². The Bertz CT molecular complexity index is 790. The monoisotopic (exact) mass is 343 g/mol. The molecule has 0 saturated heterocycles. The van der Waals surface area contributed by atoms with Crippen molar-refractivity contribution in [3.8, 4) is 11.5 Å². The number of hydrazone groups is 1. The van der Waals surface area contributed by atoms with Gasteiger partial charge in [-0.3, -0.25) is 14.9 Å². The van der Waals surface area contributed by atoms with Crippen LogP contribution in [0.3, 0.4) is 0 Å². The molecule has 130 valence electrons. The molecule has 0 spiro atoms. The zero-order chi connectivity index (χ0) is 18.2. The van der Waals surface area contributed by atoms with Crippen LogP contribution in [0.15, 0.2) is 47.6 Å². The molecule has 25 heavy (non-hydrogen) atoms. The summed E-state index contributed by atoms with van der Waals surface area (Å²) in [4.78, 5) is 22.6. The lowest BCUT2D eigenvalue weighted by Gasteiger charge is -2.10. The summed E-state index contributed by atoms with van der Waals surface area (Å²) < 4.78 is 10.4. The number of nitro groups is 1. The van der Waals surface area contributed by atoms with E-state index < -0.39 is 4.92 Å². The van der Waals surface area contributed by atoms with Gasteiger partial charge in [-0.05, 0) is 25.1 Å². The summed E-state index contributed by atoms with van der Waals surface area (Å²) in [6, 6.07) is 11.4. The summed E-state index contributed by atoms with van der Waals surface area (Å²) in [5, 5.41) is 15.1. The Labute approximate surface area is 144 Å². The van der Waals surface area contributed by atoms with Crippen molar-refractivity contribution in [2.75, 3.05) is 13.7 Å². The molecule has 0 aromatic heterocycles. The second-order valence-electron chi connectivity index (χ2n) is 4.83. The van der Waals surface area contributed by atoms with E-state index in [1.165, 1.54) is 25.5 Å². The lowest BCUT2D eigenvalue weighted by molar-refractivity contribution is -0.385. The molecule has 0 unspecified atom stereocenters. The molecule has 2 aromatic carbocycles. The predicted octanol–water partition coefficient (Wildman–Crippen LogP) is 2.77. The van der Waals surface area contributed by atoms with Gasteiger partial charge in [-0.25, -0.2) is 5.43 Å². The molecule has 8 nitrogen and oxygen atoms in total. The second kappa shape index (κ2) is 8.44. The van der Waals surface area contributed by atoms with E-state index in [9.17, 15) is 14.9 Å². The fraction of sp³-hybridized carbons (Fsp3) is 0.176. The summed E-state index contributed by atoms with van der Waals surface area (Å²) in [7, 11) is 1.39. The lowest BCUT2D eigenvalue weighted by Crippen LogP contribution is -2.17. The van der Waals surface area contributed by atoms with Crippen LogP contribution in [0.4, 0.5) is 5.69 Å². The standard InChI is InChI=1S/C17H17N3O5/c1-3-25-16-14(20(22)23)9-12(10-15(16)24-2)11-18-19-17(21)13-7-5-4-6-8-13/h4-11H,3H2,1-2H3,(H,19,21)/b18-11+. The minimum Gasteiger partial charge on any atom is -0.493 e. The number of nitrogens with one attached hydrogen (secondary N) is 1. The van der Waals surface area contributed by atoms with Crippen LogP contribution >= 0.6 is 0 Å². The van der Waals surface area contributed by atoms with Crippen LogP contribution in [0.25, 0.3) is 0 Å². The van der Waals surface area contributed by atoms with E-state index in [1.807, 2.05) is 0 Å². The number of ether oxygens (including phenoxy) is 2. The average Bonchev–Trinajstić information content (AvgIpc) is 2.63. The molecule has 0 aliphatic carbocycles. The first-order chi connectivity index (χ1) is 12.1. The molecule has 0 heterocycles. The van der Waals surface area contributed by atoms with Crippen LogP contribution in [0, 0.1) is 10.1 Å². The van der Waals surface area contributed by atoms with E-state index in [1.54, 1.807) is 37.3 Å². The van der Waals surface area contributed by atoms with E-state index in [-0.39, 0.29) is 29.7 Å². The molecular weight excluding hydrogens is 326 g/mol. The molecule has 0 fully saturated rings. The van der Waals surface area contributed by atoms with Crippen LogP contribution in [-0.2, 0) is 0 Å². The van der Waals surface area contributed by atoms with Gasteiger partial charge in [-0.1, -0.05) is 18.2 Å². The Balaban J connectivity index is 2.23. The van der Waals surface area contributed by atoms with Gasteiger partial charge < -0.3 is 9.47 Å². The number of methoxy groups -OCH3 is 1. The zero-order valence-corrected chi connectivity index (χ0v) is 13.8. The molecule has 0 atom stereocenters. The Morgan fingerprint density at radius 1 is 1.32 bits per heavy atom. The number of benzene rings is 2. The van der Waals surface area contributed by atoms with Crippen LogP contribution in [0.1, 0.15) is 22.8 Å². The minimum absolute atomic E-state index is 0.0560. The molecule has 2 aromatic rings. The van der Waals surface area contributed by atoms with E-state index in [4.69, 9.17) is 9.47 Å². The average molecular weight is 343 g/mol. The lowest BCUT2D eigenvalue weighted by atomic mass is 10.2. The van der Waals surface area contributed by atoms with Crippen molar-refractivity contribution in [1.29, 1.82) is 0 Å². The second-order valence-corrected chi connectivity index (χ2v) is 4.83. The van der Waals surface area contributed by atoms with Crippen molar-refractivity contribution >= 4 is 17.8 Å². The molecule has 0 aliphatic rings. The Morgan fingerprint density at radius 2 is 2.04 bits per heavy atom. The third kappa shape index (κ3) is 4.54. The van der Waals surface area contributed by atoms with Crippen molar-refractivity contribution in [2.45, 2.75) is 6.92 Å². The zero-order valence-electron chi connectivity index (χ0n) is 13.8. The number of carbonyl (C=O) groups is 1. The van der Waals surface area contributed by atoms with Gasteiger partial charge in [0.1, 0.15) is 0 Å². The first-order valence-electron chi connectivity index (χ1n) is 7.44. The van der Waals surface area contributed by atoms with Crippen molar-refractivity contribution in [1.82, 2.24) is 5.43 Å². The largest absolute Gasteiger partial charge is 0.493 e. The van der Waals surface area contributed by atoms with Gasteiger partial charge in [-0.2, -0.15) is 5.10 Å². The van der Waals surface area contributed by atoms with E-state index >= 15 is 0 Å². The maximum Gasteiger partial charge on any atom is 0.315 e. The highest BCUT2D eigenvalue weighted by Gasteiger charge is 2.21. The molecule has 1 N–H and O–H groups in total. The van der Waals surface area contributed by atoms with Crippen molar-refractivity contribution in [2.24, 2.45) is 5.10 Å². The van der Waals surface area contributed by atoms with Gasteiger partial charge in [0.25, 0.3) is 5.91 Å². The molecule has 0 saturated carbocycles. The molecule has 0 radical (unpaired) electrons. The third-order valence-electron chi connectivity index (χ3n) is 3.18. The van der Waals surface area contributed by atoms with Crippen molar-refractivity contribution < 1.29 is 19.2 Å². The Hall–Kier alpha value is -3.42. The summed E-state index contributed by atoms with van der Waals surface area (Å²) in [5.74, 6) is -0.114. The van der Waals surface area contributed by atoms with Crippen molar-refractivity contribution in [3.05, 3.63) is 63.7 Å². The highest BCUT2D eigenvalue weighted by atomic mass is 16.6. The summed E-state index contributed by atoms with van der Waals surface area (Å²) in [6.45, 7) is 1.98. The molecular formula is C17H17N3O5. The number of carbonyl (C=O) groups excluding carboxylic acids is 1. The highest BCUT2D eigenvalue weighted by Crippen LogP contribution is 2.37. The Morgan fingerprint density at radius 3 is 2.64 bits per heavy atom. The number of nitro benzene ring substituents is 1. The van der Waals surface area contributed by atoms with Crippen LogP contribution < -0.4 is 14.9 Å². The number of hydrogen-bond donors (Lipinski definition) is 1. The van der Waals surface area contributed by atoms with Gasteiger partial charge in [0, 0.05) is 17.2 Å². The van der Waals surface area contributed by atoms with Gasteiger partial charge in [-0.15, -0.1) is 0 Å². The quantitative estimate of drug-likeness (QED) is 0.473. The molecule has 2 rings (SSSR count). The summed E-state index contributed by atoms with van der Waals surface area (Å²) in [6.07, 6.45) is 1.30. The summed E-state index contributed by atoms with van der Waals surface area (Å²) >= 11 is 0. The predicted molar refractivity (Wildman–Crippen MR) is 92.3 cm³/mol. The van der Waals surface area contributed by atoms with Crippen LogP contribution in [-0.4, -0.2) is 30.8 Å². The first-order valence-corrected chi connectivity index (χ1v) is 7.44. The first kappa shape index (κ1) is 17.9. The van der Waals surface area contributed by atoms with Crippen molar-refractivity contribution in [3.63, 3.8) is 0 Å². The fourth-order valence-electron chi connectivity index (χ4n) is 2.08. The normalized spacial score (nSPS) is 10.5. The molecule has 8 heteroatoms. The molecule has 1 amide bonds. The number of hydrogen-bond acceptors (Lipinski definition) is 6. The van der Waals surface area contributed by atoms with Gasteiger partial charge in [0.15, 0.2) is 5.75 Å². The van der Waals surface area contributed by atoms with E-state index in [2.05, 4.69) is 10.5 Å². The van der Waals surface area contributed by atoms with E-state index in [0.717, 1.165) is 0 Å². The summed E-state index contributed by atoms with van der Waals surface area (Å²) in [5.41, 5.74) is 2.97. The maximum absolute atomic E-state index is 11.9. The SMILES string of the molecule is CCOc1c(OC)cc(/C=N/NC(=O)c2ccccc2)cc1[N+](=O)[O-]. The van der Waals surface area contributed by atoms with Gasteiger partial charge in [0.05, 0.1) is 24.9 Å². The van der Waals surface area contributed by atoms with Crippen LogP contribution in [0.2, 0.25) is 0 Å². The number of amides is 1. The Kier molecular flexibility index (Phi) is 6.05. The maximum atomic E-state index is 11.9. The molecule has 0 bridgehead atoms. The minimum atomic E-state index is -0.562. The smallest absolute Gasteiger partial charge is 0.315 e. The van der Waals surface area contributed by atoms with Crippen LogP contribution in [0.5, 0.6) is 11.5 Å². The highest BCUT2D eigenvalue weighted by molar-refractivity contribution is 5.95. The fourth-order valence-corrected chi connectivity index (χ4v) is 2.08. The number of rotatable bonds is 7. The third-order valence-corrected chi connectivity index (χ3v) is 3.18. The number of nitrogens with zero attached hydrogens (tertiary/aromatic N) is 2. The molecule has 0 aliphatic heterocycles.